The van der Waals surface area contributed by atoms with Crippen molar-refractivity contribution >= 4 is 5.78 Å². The molecule has 84 valence electrons. The largest absolute Gasteiger partial charge is 0.299 e. The minimum atomic E-state index is 0.411. The lowest BCUT2D eigenvalue weighted by atomic mass is 9.69. The fraction of sp³-hybridized carbons (Fsp3) is 0.929. The molecule has 15 heavy (non-hydrogen) atoms. The highest BCUT2D eigenvalue weighted by atomic mass is 16.1. The smallest absolute Gasteiger partial charge is 0.136 e. The Hall–Kier alpha value is -0.330. The third-order valence-corrected chi connectivity index (χ3v) is 5.66. The maximum absolute atomic E-state index is 12.0. The molecular formula is C14H22O. The lowest BCUT2D eigenvalue weighted by molar-refractivity contribution is -0.123. The molecule has 0 N–H and O–H groups in total. The van der Waals surface area contributed by atoms with Crippen LogP contribution in [0.5, 0.6) is 0 Å². The summed E-state index contributed by atoms with van der Waals surface area (Å²) in [4.78, 5) is 12.0. The van der Waals surface area contributed by atoms with Crippen LogP contribution in [0.2, 0.25) is 0 Å². The average molecular weight is 206 g/mol. The summed E-state index contributed by atoms with van der Waals surface area (Å²) in [6.45, 7) is 7.21. The van der Waals surface area contributed by atoms with Crippen molar-refractivity contribution in [1.82, 2.24) is 0 Å². The molecule has 3 rings (SSSR count). The molecule has 1 nitrogen and oxygen atoms in total. The number of hydrogen-bond acceptors (Lipinski definition) is 1. The lowest BCUT2D eigenvalue weighted by Gasteiger charge is -2.35. The van der Waals surface area contributed by atoms with E-state index >= 15 is 0 Å². The Morgan fingerprint density at radius 2 is 1.93 bits per heavy atom. The first-order valence-corrected chi connectivity index (χ1v) is 6.47. The quantitative estimate of drug-likeness (QED) is 0.593. The van der Waals surface area contributed by atoms with Crippen LogP contribution in [0.25, 0.3) is 0 Å². The van der Waals surface area contributed by atoms with Crippen LogP contribution < -0.4 is 0 Å². The van der Waals surface area contributed by atoms with Crippen LogP contribution in [0, 0.1) is 28.6 Å². The molecule has 0 aromatic heterocycles. The van der Waals surface area contributed by atoms with Crippen molar-refractivity contribution < 1.29 is 4.79 Å². The van der Waals surface area contributed by atoms with Gasteiger partial charge in [0.1, 0.15) is 5.78 Å². The topological polar surface area (TPSA) is 17.1 Å². The van der Waals surface area contributed by atoms with Crippen LogP contribution in [0.15, 0.2) is 0 Å². The fourth-order valence-corrected chi connectivity index (χ4v) is 5.23. The van der Waals surface area contributed by atoms with Gasteiger partial charge in [-0.1, -0.05) is 20.8 Å². The second-order valence-electron chi connectivity index (χ2n) is 7.12. The Labute approximate surface area is 92.6 Å². The van der Waals surface area contributed by atoms with Crippen LogP contribution in [-0.4, -0.2) is 5.78 Å². The van der Waals surface area contributed by atoms with Gasteiger partial charge in [0, 0.05) is 12.3 Å². The zero-order valence-corrected chi connectivity index (χ0v) is 10.2. The first-order chi connectivity index (χ1) is 6.94. The van der Waals surface area contributed by atoms with E-state index in [1.807, 2.05) is 0 Å². The summed E-state index contributed by atoms with van der Waals surface area (Å²) in [5, 5.41) is 0. The molecule has 1 unspecified atom stereocenters. The van der Waals surface area contributed by atoms with Crippen molar-refractivity contribution in [2.45, 2.75) is 52.9 Å². The third kappa shape index (κ3) is 1.13. The van der Waals surface area contributed by atoms with E-state index in [4.69, 9.17) is 0 Å². The van der Waals surface area contributed by atoms with Crippen molar-refractivity contribution in [2.75, 3.05) is 0 Å². The van der Waals surface area contributed by atoms with Crippen LogP contribution in [0.3, 0.4) is 0 Å². The Balaban J connectivity index is 2.02. The van der Waals surface area contributed by atoms with Gasteiger partial charge in [0.2, 0.25) is 0 Å². The van der Waals surface area contributed by atoms with Crippen molar-refractivity contribution in [3.63, 3.8) is 0 Å². The Kier molecular flexibility index (Phi) is 1.76. The number of carbonyl (C=O) groups excluding carboxylic acids is 1. The summed E-state index contributed by atoms with van der Waals surface area (Å²) >= 11 is 0. The molecule has 0 bridgehead atoms. The van der Waals surface area contributed by atoms with E-state index in [2.05, 4.69) is 20.8 Å². The van der Waals surface area contributed by atoms with E-state index in [9.17, 15) is 4.79 Å². The van der Waals surface area contributed by atoms with E-state index in [1.165, 1.54) is 25.7 Å². The highest BCUT2D eigenvalue weighted by molar-refractivity contribution is 5.84. The molecule has 0 aliphatic heterocycles. The third-order valence-electron chi connectivity index (χ3n) is 5.66. The average Bonchev–Trinajstić information content (AvgIpc) is 2.67. The number of rotatable bonds is 0. The molecule has 0 radical (unpaired) electrons. The number of ketones is 1. The van der Waals surface area contributed by atoms with Gasteiger partial charge in [0.25, 0.3) is 0 Å². The maximum atomic E-state index is 12.0. The van der Waals surface area contributed by atoms with Gasteiger partial charge >= 0.3 is 0 Å². The molecule has 3 fully saturated rings. The maximum Gasteiger partial charge on any atom is 0.136 e. The molecule has 0 amide bonds. The summed E-state index contributed by atoms with van der Waals surface area (Å²) in [5.74, 6) is 2.45. The van der Waals surface area contributed by atoms with Crippen molar-refractivity contribution in [1.29, 1.82) is 0 Å². The summed E-state index contributed by atoms with van der Waals surface area (Å²) in [5.41, 5.74) is 0.906. The second kappa shape index (κ2) is 2.67. The van der Waals surface area contributed by atoms with Crippen molar-refractivity contribution in [3.05, 3.63) is 0 Å². The van der Waals surface area contributed by atoms with E-state index in [0.717, 1.165) is 12.3 Å². The SMILES string of the molecule is CC1(C)CC[C@@]2(C)C[C@@H]3CCC(=O)[C@@H]3C12. The molecule has 4 atom stereocenters. The van der Waals surface area contributed by atoms with Gasteiger partial charge in [0.05, 0.1) is 0 Å². The molecule has 0 saturated heterocycles. The lowest BCUT2D eigenvalue weighted by Crippen LogP contribution is -2.32. The summed E-state index contributed by atoms with van der Waals surface area (Å²) in [7, 11) is 0. The molecular weight excluding hydrogens is 184 g/mol. The first kappa shape index (κ1) is 9.86. The molecule has 0 heterocycles. The van der Waals surface area contributed by atoms with Crippen LogP contribution in [0.4, 0.5) is 0 Å². The van der Waals surface area contributed by atoms with Crippen LogP contribution in [0.1, 0.15) is 52.9 Å². The van der Waals surface area contributed by atoms with E-state index in [-0.39, 0.29) is 0 Å². The van der Waals surface area contributed by atoms with Crippen LogP contribution >= 0.6 is 0 Å². The molecule has 3 aliphatic rings. The number of fused-ring (bicyclic) bond motifs is 3. The van der Waals surface area contributed by atoms with Gasteiger partial charge in [-0.25, -0.2) is 0 Å². The molecule has 0 aromatic rings. The normalized spacial score (nSPS) is 51.9. The standard InChI is InChI=1S/C14H22O/c1-13(2)6-7-14(3)8-9-4-5-10(15)11(9)12(13)14/h9,11-12H,4-8H2,1-3H3/t9-,11+,12?,14-/m0/s1. The Bertz CT molecular complexity index is 317. The van der Waals surface area contributed by atoms with Crippen molar-refractivity contribution in [3.8, 4) is 0 Å². The van der Waals surface area contributed by atoms with Crippen LogP contribution in [-0.2, 0) is 4.79 Å². The van der Waals surface area contributed by atoms with E-state index in [1.54, 1.807) is 0 Å². The fourth-order valence-electron chi connectivity index (χ4n) is 5.23. The summed E-state index contributed by atoms with van der Waals surface area (Å²) < 4.78 is 0. The highest BCUT2D eigenvalue weighted by Gasteiger charge is 2.62. The first-order valence-electron chi connectivity index (χ1n) is 6.47. The summed E-state index contributed by atoms with van der Waals surface area (Å²) in [6, 6.07) is 0. The van der Waals surface area contributed by atoms with Gasteiger partial charge in [-0.05, 0) is 48.3 Å². The van der Waals surface area contributed by atoms with Gasteiger partial charge in [0.15, 0.2) is 0 Å². The van der Waals surface area contributed by atoms with Crippen molar-refractivity contribution in [2.24, 2.45) is 28.6 Å². The van der Waals surface area contributed by atoms with E-state index in [0.29, 0.717) is 28.4 Å². The van der Waals surface area contributed by atoms with Gasteiger partial charge in [-0.3, -0.25) is 4.79 Å². The second-order valence-corrected chi connectivity index (χ2v) is 7.12. The number of Topliss-reactive ketones (excluding diaryl/α,β-unsaturated/α-hetero) is 1. The molecule has 3 saturated carbocycles. The number of hydrogen-bond donors (Lipinski definition) is 0. The van der Waals surface area contributed by atoms with Gasteiger partial charge < -0.3 is 0 Å². The monoisotopic (exact) mass is 206 g/mol. The summed E-state index contributed by atoms with van der Waals surface area (Å²) in [6.07, 6.45) is 6.07. The van der Waals surface area contributed by atoms with Gasteiger partial charge in [-0.2, -0.15) is 0 Å². The van der Waals surface area contributed by atoms with E-state index < -0.39 is 0 Å². The number of carbonyl (C=O) groups is 1. The predicted octanol–water partition coefficient (Wildman–Crippen LogP) is 3.43. The molecule has 0 spiro atoms. The predicted molar refractivity (Wildman–Crippen MR) is 60.5 cm³/mol. The van der Waals surface area contributed by atoms with Gasteiger partial charge in [-0.15, -0.1) is 0 Å². The highest BCUT2D eigenvalue weighted by Crippen LogP contribution is 2.67. The minimum Gasteiger partial charge on any atom is -0.299 e. The Morgan fingerprint density at radius 1 is 1.20 bits per heavy atom. The minimum absolute atomic E-state index is 0.411. The zero-order chi connectivity index (χ0) is 10.8. The molecule has 1 heteroatoms. The molecule has 0 aromatic carbocycles. The zero-order valence-electron chi connectivity index (χ0n) is 10.2. The Morgan fingerprint density at radius 3 is 2.67 bits per heavy atom. The molecule has 3 aliphatic carbocycles.